The maximum Gasteiger partial charge on any atom is 0.227 e. The third-order valence-electron chi connectivity index (χ3n) is 5.20. The lowest BCUT2D eigenvalue weighted by atomic mass is 9.92. The van der Waals surface area contributed by atoms with Crippen molar-refractivity contribution in [3.8, 4) is 0 Å². The molecule has 0 unspecified atom stereocenters. The first kappa shape index (κ1) is 19.6. The molecule has 2 saturated heterocycles. The summed E-state index contributed by atoms with van der Waals surface area (Å²) in [5.74, 6) is 0.164. The number of hydrogen-bond donors (Lipinski definition) is 0. The summed E-state index contributed by atoms with van der Waals surface area (Å²) >= 11 is 5.89. The van der Waals surface area contributed by atoms with Gasteiger partial charge in [-0.05, 0) is 31.0 Å². The number of carbonyl (C=O) groups excluding carboxylic acids is 1. The Morgan fingerprint density at radius 1 is 1.27 bits per heavy atom. The molecule has 2 atom stereocenters. The van der Waals surface area contributed by atoms with Gasteiger partial charge in [-0.2, -0.15) is 4.31 Å². The van der Waals surface area contributed by atoms with Crippen molar-refractivity contribution in [2.24, 2.45) is 5.92 Å². The van der Waals surface area contributed by atoms with Gasteiger partial charge in [0.1, 0.15) is 0 Å². The van der Waals surface area contributed by atoms with E-state index in [2.05, 4.69) is 0 Å². The first-order valence-corrected chi connectivity index (χ1v) is 11.0. The van der Waals surface area contributed by atoms with E-state index in [1.807, 2.05) is 17.0 Å². The topological polar surface area (TPSA) is 66.9 Å². The maximum absolute atomic E-state index is 12.7. The van der Waals surface area contributed by atoms with E-state index in [1.54, 1.807) is 23.4 Å². The molecule has 0 radical (unpaired) electrons. The van der Waals surface area contributed by atoms with Crippen molar-refractivity contribution in [1.29, 1.82) is 0 Å². The fraction of sp³-hybridized carbons (Fsp3) is 0.611. The number of hydrogen-bond acceptors (Lipinski definition) is 4. The number of rotatable bonds is 4. The normalized spacial score (nSPS) is 24.8. The van der Waals surface area contributed by atoms with Crippen molar-refractivity contribution in [3.63, 3.8) is 0 Å². The monoisotopic (exact) mass is 400 g/mol. The van der Waals surface area contributed by atoms with Crippen LogP contribution in [0.2, 0.25) is 5.02 Å². The second-order valence-electron chi connectivity index (χ2n) is 6.85. The Morgan fingerprint density at radius 3 is 2.69 bits per heavy atom. The number of benzene rings is 1. The SMILES string of the molecule is CCS(=O)(=O)N1CCOC[C@H]2CN(C(=O)Cc3ccc(Cl)cc3)CC[C@H]21. The molecular weight excluding hydrogens is 376 g/mol. The molecule has 0 aromatic heterocycles. The van der Waals surface area contributed by atoms with Crippen molar-refractivity contribution in [2.45, 2.75) is 25.8 Å². The summed E-state index contributed by atoms with van der Waals surface area (Å²) in [5.41, 5.74) is 0.925. The van der Waals surface area contributed by atoms with Gasteiger partial charge in [-0.15, -0.1) is 0 Å². The van der Waals surface area contributed by atoms with E-state index in [1.165, 1.54) is 0 Å². The molecule has 3 rings (SSSR count). The predicted molar refractivity (Wildman–Crippen MR) is 101 cm³/mol. The molecule has 8 heteroatoms. The van der Waals surface area contributed by atoms with E-state index in [0.717, 1.165) is 5.56 Å². The third kappa shape index (κ3) is 4.39. The lowest BCUT2D eigenvalue weighted by Crippen LogP contribution is -2.54. The van der Waals surface area contributed by atoms with Crippen molar-refractivity contribution in [1.82, 2.24) is 9.21 Å². The molecule has 26 heavy (non-hydrogen) atoms. The minimum Gasteiger partial charge on any atom is -0.380 e. The molecule has 1 aromatic carbocycles. The lowest BCUT2D eigenvalue weighted by molar-refractivity contribution is -0.133. The van der Waals surface area contributed by atoms with E-state index in [9.17, 15) is 13.2 Å². The van der Waals surface area contributed by atoms with Gasteiger partial charge in [0, 0.05) is 36.6 Å². The zero-order valence-electron chi connectivity index (χ0n) is 14.9. The zero-order valence-corrected chi connectivity index (χ0v) is 16.5. The number of halogens is 1. The summed E-state index contributed by atoms with van der Waals surface area (Å²) in [6, 6.07) is 7.20. The van der Waals surface area contributed by atoms with Crippen molar-refractivity contribution in [2.75, 3.05) is 38.6 Å². The number of nitrogens with zero attached hydrogens (tertiary/aromatic N) is 2. The van der Waals surface area contributed by atoms with Gasteiger partial charge in [-0.25, -0.2) is 8.42 Å². The van der Waals surface area contributed by atoms with Crippen LogP contribution in [0.15, 0.2) is 24.3 Å². The van der Waals surface area contributed by atoms with E-state index >= 15 is 0 Å². The van der Waals surface area contributed by atoms with Crippen LogP contribution in [0.1, 0.15) is 18.9 Å². The summed E-state index contributed by atoms with van der Waals surface area (Å²) in [7, 11) is -3.27. The number of ether oxygens (including phenoxy) is 1. The second kappa shape index (κ2) is 8.25. The summed E-state index contributed by atoms with van der Waals surface area (Å²) in [6.45, 7) is 4.07. The minimum absolute atomic E-state index is 0.0155. The summed E-state index contributed by atoms with van der Waals surface area (Å²) in [6.07, 6.45) is 0.978. The van der Waals surface area contributed by atoms with E-state index in [-0.39, 0.29) is 23.6 Å². The van der Waals surface area contributed by atoms with Gasteiger partial charge < -0.3 is 9.64 Å². The van der Waals surface area contributed by atoms with Crippen LogP contribution in [0.5, 0.6) is 0 Å². The van der Waals surface area contributed by atoms with Crippen LogP contribution in [0.25, 0.3) is 0 Å². The van der Waals surface area contributed by atoms with E-state index in [4.69, 9.17) is 16.3 Å². The number of fused-ring (bicyclic) bond motifs is 1. The highest BCUT2D eigenvalue weighted by atomic mass is 35.5. The largest absolute Gasteiger partial charge is 0.380 e. The third-order valence-corrected chi connectivity index (χ3v) is 7.34. The molecule has 2 aliphatic heterocycles. The second-order valence-corrected chi connectivity index (χ2v) is 9.49. The highest BCUT2D eigenvalue weighted by Gasteiger charge is 2.40. The molecule has 0 spiro atoms. The Balaban J connectivity index is 1.68. The Kier molecular flexibility index (Phi) is 6.22. The molecule has 144 valence electrons. The standard InChI is InChI=1S/C18H25ClN2O4S/c1-2-26(23,24)21-9-10-25-13-15-12-20(8-7-17(15)21)18(22)11-14-3-5-16(19)6-4-14/h3-6,15,17H,2,7-13H2,1H3/t15-,17-/m1/s1. The van der Waals surface area contributed by atoms with Crippen LogP contribution in [-0.2, 0) is 26.0 Å². The number of carbonyl (C=O) groups is 1. The van der Waals surface area contributed by atoms with Gasteiger partial charge >= 0.3 is 0 Å². The van der Waals surface area contributed by atoms with Gasteiger partial charge in [0.05, 0.1) is 25.4 Å². The highest BCUT2D eigenvalue weighted by molar-refractivity contribution is 7.89. The Bertz CT molecular complexity index is 738. The van der Waals surface area contributed by atoms with E-state index in [0.29, 0.717) is 50.7 Å². The fourth-order valence-corrected chi connectivity index (χ4v) is 5.24. The summed E-state index contributed by atoms with van der Waals surface area (Å²) in [5, 5.41) is 0.648. The van der Waals surface area contributed by atoms with Gasteiger partial charge in [-0.1, -0.05) is 23.7 Å². The van der Waals surface area contributed by atoms with Gasteiger partial charge in [0.15, 0.2) is 0 Å². The Hall–Kier alpha value is -1.15. The van der Waals surface area contributed by atoms with Crippen LogP contribution in [0.3, 0.4) is 0 Å². The Labute approximate surface area is 160 Å². The van der Waals surface area contributed by atoms with Crippen molar-refractivity contribution < 1.29 is 17.9 Å². The first-order valence-electron chi connectivity index (χ1n) is 9.00. The smallest absolute Gasteiger partial charge is 0.227 e. The van der Waals surface area contributed by atoms with Crippen LogP contribution in [-0.4, -0.2) is 68.2 Å². The van der Waals surface area contributed by atoms with Crippen LogP contribution < -0.4 is 0 Å². The molecule has 0 N–H and O–H groups in total. The van der Waals surface area contributed by atoms with Gasteiger partial charge in [0.2, 0.25) is 15.9 Å². The van der Waals surface area contributed by atoms with Gasteiger partial charge in [0.25, 0.3) is 0 Å². The highest BCUT2D eigenvalue weighted by Crippen LogP contribution is 2.27. The number of sulfonamides is 1. The van der Waals surface area contributed by atoms with Crippen LogP contribution in [0, 0.1) is 5.92 Å². The number of amides is 1. The molecule has 0 bridgehead atoms. The first-order chi connectivity index (χ1) is 12.4. The van der Waals surface area contributed by atoms with E-state index < -0.39 is 10.0 Å². The van der Waals surface area contributed by atoms with Crippen molar-refractivity contribution >= 4 is 27.5 Å². The quantitative estimate of drug-likeness (QED) is 0.772. The molecule has 0 saturated carbocycles. The Morgan fingerprint density at radius 2 is 2.00 bits per heavy atom. The molecule has 6 nitrogen and oxygen atoms in total. The molecule has 2 aliphatic rings. The number of likely N-dealkylation sites (tertiary alicyclic amines) is 1. The number of piperidine rings is 1. The molecule has 2 fully saturated rings. The summed E-state index contributed by atoms with van der Waals surface area (Å²) < 4.78 is 32.1. The molecule has 1 amide bonds. The minimum atomic E-state index is -3.27. The van der Waals surface area contributed by atoms with Gasteiger partial charge in [-0.3, -0.25) is 4.79 Å². The molecule has 2 heterocycles. The zero-order chi connectivity index (χ0) is 18.7. The molecule has 0 aliphatic carbocycles. The lowest BCUT2D eigenvalue weighted by Gasteiger charge is -2.41. The maximum atomic E-state index is 12.7. The van der Waals surface area contributed by atoms with Crippen molar-refractivity contribution in [3.05, 3.63) is 34.9 Å². The average molecular weight is 401 g/mol. The van der Waals surface area contributed by atoms with Crippen LogP contribution >= 0.6 is 11.6 Å². The summed E-state index contributed by atoms with van der Waals surface area (Å²) in [4.78, 5) is 14.5. The molecular formula is C18H25ClN2O4S. The fourth-order valence-electron chi connectivity index (χ4n) is 3.74. The van der Waals surface area contributed by atoms with Crippen LogP contribution in [0.4, 0.5) is 0 Å². The predicted octanol–water partition coefficient (Wildman–Crippen LogP) is 1.78. The molecule has 1 aromatic rings. The average Bonchev–Trinajstić information content (AvgIpc) is 2.85.